The molecule has 5 heteroatoms. The summed E-state index contributed by atoms with van der Waals surface area (Å²) in [5, 5.41) is 3.75. The van der Waals surface area contributed by atoms with E-state index in [2.05, 4.69) is 21.2 Å². The lowest BCUT2D eigenvalue weighted by molar-refractivity contribution is -0.120. The highest BCUT2D eigenvalue weighted by Gasteiger charge is 2.29. The van der Waals surface area contributed by atoms with E-state index in [-0.39, 0.29) is 11.3 Å². The maximum absolute atomic E-state index is 11.4. The summed E-state index contributed by atoms with van der Waals surface area (Å²) in [6.07, 6.45) is 0. The lowest BCUT2D eigenvalue weighted by Crippen LogP contribution is -2.45. The summed E-state index contributed by atoms with van der Waals surface area (Å²) in [7, 11) is 0. The number of nitrogens with two attached hydrogens (primary N) is 1. The van der Waals surface area contributed by atoms with Gasteiger partial charge in [0, 0.05) is 10.2 Å². The van der Waals surface area contributed by atoms with E-state index in [9.17, 15) is 4.79 Å². The Labute approximate surface area is 115 Å². The molecule has 94 valence electrons. The first-order chi connectivity index (χ1) is 7.71. The standard InChI is InChI=1S/C12H16BrClN2O/c1-12(2,3)10(11(15)17)16-7-4-5-9(14)8(13)6-7/h4-6,10,16H,1-3H3,(H2,15,17). The van der Waals surface area contributed by atoms with Gasteiger partial charge >= 0.3 is 0 Å². The molecule has 0 radical (unpaired) electrons. The summed E-state index contributed by atoms with van der Waals surface area (Å²) >= 11 is 9.24. The van der Waals surface area contributed by atoms with Crippen molar-refractivity contribution in [2.24, 2.45) is 11.1 Å². The van der Waals surface area contributed by atoms with Crippen LogP contribution in [0.2, 0.25) is 5.02 Å². The van der Waals surface area contributed by atoms with E-state index in [0.717, 1.165) is 10.2 Å². The van der Waals surface area contributed by atoms with Gasteiger partial charge in [-0.15, -0.1) is 0 Å². The molecule has 0 heterocycles. The van der Waals surface area contributed by atoms with Crippen LogP contribution < -0.4 is 11.1 Å². The molecular weight excluding hydrogens is 304 g/mol. The molecule has 1 aromatic carbocycles. The fourth-order valence-electron chi connectivity index (χ4n) is 1.47. The molecule has 0 aliphatic carbocycles. The average Bonchev–Trinajstić information content (AvgIpc) is 2.17. The lowest BCUT2D eigenvalue weighted by Gasteiger charge is -2.29. The van der Waals surface area contributed by atoms with Crippen molar-refractivity contribution in [2.75, 3.05) is 5.32 Å². The topological polar surface area (TPSA) is 55.1 Å². The van der Waals surface area contributed by atoms with Gasteiger partial charge in [-0.2, -0.15) is 0 Å². The number of hydrogen-bond donors (Lipinski definition) is 2. The SMILES string of the molecule is CC(C)(C)C(Nc1ccc(Cl)c(Br)c1)C(N)=O. The van der Waals surface area contributed by atoms with Crippen LogP contribution in [0.1, 0.15) is 20.8 Å². The molecule has 3 nitrogen and oxygen atoms in total. The molecule has 0 aromatic heterocycles. The highest BCUT2D eigenvalue weighted by Crippen LogP contribution is 2.28. The van der Waals surface area contributed by atoms with Crippen LogP contribution in [-0.4, -0.2) is 11.9 Å². The van der Waals surface area contributed by atoms with Gasteiger partial charge in [0.2, 0.25) is 5.91 Å². The van der Waals surface area contributed by atoms with Gasteiger partial charge in [0.1, 0.15) is 6.04 Å². The zero-order valence-corrected chi connectivity index (χ0v) is 12.4. The summed E-state index contributed by atoms with van der Waals surface area (Å²) < 4.78 is 0.779. The minimum absolute atomic E-state index is 0.252. The summed E-state index contributed by atoms with van der Waals surface area (Å²) in [6, 6.07) is 4.96. The summed E-state index contributed by atoms with van der Waals surface area (Å²) in [4.78, 5) is 11.4. The maximum atomic E-state index is 11.4. The fourth-order valence-corrected chi connectivity index (χ4v) is 1.96. The Morgan fingerprint density at radius 2 is 2.06 bits per heavy atom. The van der Waals surface area contributed by atoms with Crippen LogP contribution >= 0.6 is 27.5 Å². The first-order valence-corrected chi connectivity index (χ1v) is 6.40. The molecular formula is C12H16BrClN2O. The largest absolute Gasteiger partial charge is 0.373 e. The van der Waals surface area contributed by atoms with Gasteiger partial charge in [0.05, 0.1) is 5.02 Å². The normalized spacial score (nSPS) is 13.2. The van der Waals surface area contributed by atoms with Gasteiger partial charge in [-0.1, -0.05) is 32.4 Å². The Morgan fingerprint density at radius 1 is 1.47 bits per heavy atom. The second kappa shape index (κ2) is 5.27. The van der Waals surface area contributed by atoms with Crippen LogP contribution in [-0.2, 0) is 4.79 Å². The van der Waals surface area contributed by atoms with Crippen molar-refractivity contribution in [1.82, 2.24) is 0 Å². The first-order valence-electron chi connectivity index (χ1n) is 5.22. The van der Waals surface area contributed by atoms with Crippen molar-refractivity contribution in [1.29, 1.82) is 0 Å². The monoisotopic (exact) mass is 318 g/mol. The van der Waals surface area contributed by atoms with E-state index in [1.807, 2.05) is 32.9 Å². The number of halogens is 2. The molecule has 3 N–H and O–H groups in total. The molecule has 0 fully saturated rings. The van der Waals surface area contributed by atoms with Gasteiger partial charge in [-0.25, -0.2) is 0 Å². The summed E-state index contributed by atoms with van der Waals surface area (Å²) in [6.45, 7) is 5.88. The van der Waals surface area contributed by atoms with Gasteiger partial charge in [0.25, 0.3) is 0 Å². The zero-order chi connectivity index (χ0) is 13.2. The van der Waals surface area contributed by atoms with Crippen molar-refractivity contribution in [3.8, 4) is 0 Å². The predicted octanol–water partition coefficient (Wildman–Crippen LogP) is 3.41. The fraction of sp³-hybridized carbons (Fsp3) is 0.417. The number of primary amides is 1. The van der Waals surface area contributed by atoms with Gasteiger partial charge in [-0.05, 0) is 39.5 Å². The molecule has 0 spiro atoms. The molecule has 1 rings (SSSR count). The Kier molecular flexibility index (Phi) is 4.44. The third-order valence-corrected chi connectivity index (χ3v) is 3.60. The van der Waals surface area contributed by atoms with E-state index in [1.54, 1.807) is 6.07 Å². The molecule has 0 aliphatic heterocycles. The van der Waals surface area contributed by atoms with E-state index in [1.165, 1.54) is 0 Å². The number of rotatable bonds is 3. The van der Waals surface area contributed by atoms with Crippen LogP contribution in [0, 0.1) is 5.41 Å². The second-order valence-electron chi connectivity index (χ2n) is 4.97. The molecule has 1 atom stereocenters. The Balaban J connectivity index is 2.95. The first kappa shape index (κ1) is 14.3. The number of amides is 1. The van der Waals surface area contributed by atoms with Crippen molar-refractivity contribution in [3.05, 3.63) is 27.7 Å². The summed E-state index contributed by atoms with van der Waals surface area (Å²) in [5.41, 5.74) is 5.95. The van der Waals surface area contributed by atoms with E-state index in [4.69, 9.17) is 17.3 Å². The number of anilines is 1. The molecule has 0 aliphatic rings. The maximum Gasteiger partial charge on any atom is 0.240 e. The molecule has 0 saturated heterocycles. The quantitative estimate of drug-likeness (QED) is 0.897. The zero-order valence-electron chi connectivity index (χ0n) is 10.1. The van der Waals surface area contributed by atoms with Crippen LogP contribution in [0.25, 0.3) is 0 Å². The molecule has 1 unspecified atom stereocenters. The number of benzene rings is 1. The van der Waals surface area contributed by atoms with Crippen molar-refractivity contribution < 1.29 is 4.79 Å². The summed E-state index contributed by atoms with van der Waals surface area (Å²) in [5.74, 6) is -0.372. The predicted molar refractivity (Wildman–Crippen MR) is 75.2 cm³/mol. The van der Waals surface area contributed by atoms with Gasteiger partial charge < -0.3 is 11.1 Å². The average molecular weight is 320 g/mol. The van der Waals surface area contributed by atoms with Gasteiger partial charge in [-0.3, -0.25) is 4.79 Å². The third-order valence-electron chi connectivity index (χ3n) is 2.38. The van der Waals surface area contributed by atoms with Crippen molar-refractivity contribution in [2.45, 2.75) is 26.8 Å². The minimum atomic E-state index is -0.435. The third kappa shape index (κ3) is 3.89. The van der Waals surface area contributed by atoms with Gasteiger partial charge in [0.15, 0.2) is 0 Å². The van der Waals surface area contributed by atoms with E-state index >= 15 is 0 Å². The number of carbonyl (C=O) groups is 1. The number of carbonyl (C=O) groups excluding carboxylic acids is 1. The van der Waals surface area contributed by atoms with E-state index in [0.29, 0.717) is 5.02 Å². The van der Waals surface area contributed by atoms with E-state index < -0.39 is 6.04 Å². The molecule has 0 saturated carbocycles. The Hall–Kier alpha value is -0.740. The van der Waals surface area contributed by atoms with Crippen LogP contribution in [0.3, 0.4) is 0 Å². The highest BCUT2D eigenvalue weighted by atomic mass is 79.9. The number of nitrogens with one attached hydrogen (secondary N) is 1. The lowest BCUT2D eigenvalue weighted by atomic mass is 9.86. The smallest absolute Gasteiger partial charge is 0.240 e. The molecule has 0 bridgehead atoms. The van der Waals surface area contributed by atoms with Crippen LogP contribution in [0.5, 0.6) is 0 Å². The van der Waals surface area contributed by atoms with Crippen molar-refractivity contribution in [3.63, 3.8) is 0 Å². The molecule has 17 heavy (non-hydrogen) atoms. The highest BCUT2D eigenvalue weighted by molar-refractivity contribution is 9.10. The Morgan fingerprint density at radius 3 is 2.47 bits per heavy atom. The van der Waals surface area contributed by atoms with Crippen LogP contribution in [0.4, 0.5) is 5.69 Å². The van der Waals surface area contributed by atoms with Crippen molar-refractivity contribution >= 4 is 39.1 Å². The Bertz CT molecular complexity index is 429. The molecule has 1 aromatic rings. The van der Waals surface area contributed by atoms with Crippen LogP contribution in [0.15, 0.2) is 22.7 Å². The second-order valence-corrected chi connectivity index (χ2v) is 6.24. The number of hydrogen-bond acceptors (Lipinski definition) is 2. The molecule has 1 amide bonds. The minimum Gasteiger partial charge on any atom is -0.373 e.